The molecule has 0 aromatic heterocycles. The van der Waals surface area contributed by atoms with Crippen molar-refractivity contribution in [3.8, 4) is 5.75 Å². The minimum atomic E-state index is -0.703. The summed E-state index contributed by atoms with van der Waals surface area (Å²) in [5.41, 5.74) is 7.34. The van der Waals surface area contributed by atoms with E-state index in [9.17, 15) is 13.6 Å². The van der Waals surface area contributed by atoms with Crippen LogP contribution in [0.25, 0.3) is 0 Å². The lowest BCUT2D eigenvalue weighted by Gasteiger charge is -2.36. The SMILES string of the molecule is CC1(N)CCN(C(=O)CNC2CC2c2cc(F)cc(F)c2OCc2ccccc2)CC1. The van der Waals surface area contributed by atoms with Crippen molar-refractivity contribution >= 4 is 5.91 Å². The molecule has 5 nitrogen and oxygen atoms in total. The van der Waals surface area contributed by atoms with Crippen LogP contribution in [0.5, 0.6) is 5.75 Å². The van der Waals surface area contributed by atoms with E-state index in [0.717, 1.165) is 24.5 Å². The van der Waals surface area contributed by atoms with E-state index in [1.807, 2.05) is 42.2 Å². The monoisotopic (exact) mass is 429 g/mol. The smallest absolute Gasteiger partial charge is 0.236 e. The van der Waals surface area contributed by atoms with E-state index in [1.54, 1.807) is 0 Å². The van der Waals surface area contributed by atoms with E-state index in [1.165, 1.54) is 6.07 Å². The Morgan fingerprint density at radius 2 is 1.94 bits per heavy atom. The molecule has 7 heteroatoms. The summed E-state index contributed by atoms with van der Waals surface area (Å²) >= 11 is 0. The molecule has 0 radical (unpaired) electrons. The van der Waals surface area contributed by atoms with Gasteiger partial charge in [-0.3, -0.25) is 4.79 Å². The Morgan fingerprint density at radius 3 is 2.65 bits per heavy atom. The Morgan fingerprint density at radius 1 is 1.23 bits per heavy atom. The third-order valence-electron chi connectivity index (χ3n) is 6.23. The molecule has 1 aliphatic carbocycles. The number of ether oxygens (including phenoxy) is 1. The molecule has 31 heavy (non-hydrogen) atoms. The van der Waals surface area contributed by atoms with E-state index in [4.69, 9.17) is 10.5 Å². The number of nitrogens with zero attached hydrogens (tertiary/aromatic N) is 1. The molecule has 1 saturated carbocycles. The minimum Gasteiger partial charge on any atom is -0.486 e. The van der Waals surface area contributed by atoms with Crippen LogP contribution in [0.4, 0.5) is 8.78 Å². The molecule has 2 unspecified atom stereocenters. The van der Waals surface area contributed by atoms with Gasteiger partial charge in [-0.25, -0.2) is 8.78 Å². The molecule has 2 aliphatic rings. The van der Waals surface area contributed by atoms with Crippen LogP contribution in [0.3, 0.4) is 0 Å². The first-order chi connectivity index (χ1) is 14.8. The highest BCUT2D eigenvalue weighted by atomic mass is 19.1. The predicted molar refractivity (Wildman–Crippen MR) is 115 cm³/mol. The Hall–Kier alpha value is -2.51. The molecule has 3 N–H and O–H groups in total. The van der Waals surface area contributed by atoms with Crippen LogP contribution >= 0.6 is 0 Å². The van der Waals surface area contributed by atoms with Crippen LogP contribution in [0.2, 0.25) is 0 Å². The van der Waals surface area contributed by atoms with Crippen molar-refractivity contribution in [1.29, 1.82) is 0 Å². The Kier molecular flexibility index (Phi) is 6.25. The first kappa shape index (κ1) is 21.7. The van der Waals surface area contributed by atoms with E-state index in [0.29, 0.717) is 25.1 Å². The molecule has 1 amide bonds. The lowest BCUT2D eigenvalue weighted by molar-refractivity contribution is -0.131. The van der Waals surface area contributed by atoms with Gasteiger partial charge in [0.15, 0.2) is 11.6 Å². The molecule has 2 aromatic rings. The third-order valence-corrected chi connectivity index (χ3v) is 6.23. The zero-order chi connectivity index (χ0) is 22.0. The predicted octanol–water partition coefficient (Wildman–Crippen LogP) is 3.33. The quantitative estimate of drug-likeness (QED) is 0.709. The highest BCUT2D eigenvalue weighted by Crippen LogP contribution is 2.46. The number of amides is 1. The highest BCUT2D eigenvalue weighted by Gasteiger charge is 2.41. The van der Waals surface area contributed by atoms with Crippen LogP contribution in [-0.2, 0) is 11.4 Å². The summed E-state index contributed by atoms with van der Waals surface area (Å²) in [6.07, 6.45) is 2.28. The number of hydrogen-bond acceptors (Lipinski definition) is 4. The van der Waals surface area contributed by atoms with Gasteiger partial charge in [0.25, 0.3) is 0 Å². The molecule has 0 spiro atoms. The van der Waals surface area contributed by atoms with Crippen molar-refractivity contribution in [1.82, 2.24) is 10.2 Å². The molecule has 2 aromatic carbocycles. The summed E-state index contributed by atoms with van der Waals surface area (Å²) in [6.45, 7) is 3.75. The Balaban J connectivity index is 1.35. The van der Waals surface area contributed by atoms with Crippen LogP contribution < -0.4 is 15.8 Å². The summed E-state index contributed by atoms with van der Waals surface area (Å²) in [5.74, 6) is -1.29. The van der Waals surface area contributed by atoms with Crippen molar-refractivity contribution in [3.63, 3.8) is 0 Å². The van der Waals surface area contributed by atoms with E-state index in [-0.39, 0.29) is 42.3 Å². The standard InChI is InChI=1S/C24H29F2N3O2/c1-24(27)7-9-29(10-8-24)22(30)14-28-21-13-18(21)19-11-17(25)12-20(26)23(19)31-15-16-5-3-2-4-6-16/h2-6,11-12,18,21,28H,7-10,13-15,27H2,1H3. The van der Waals surface area contributed by atoms with Gasteiger partial charge in [-0.2, -0.15) is 0 Å². The average molecular weight is 430 g/mol. The van der Waals surface area contributed by atoms with Gasteiger partial charge < -0.3 is 20.7 Å². The summed E-state index contributed by atoms with van der Waals surface area (Å²) in [5, 5.41) is 3.24. The van der Waals surface area contributed by atoms with Gasteiger partial charge in [-0.1, -0.05) is 30.3 Å². The number of piperidine rings is 1. The second-order valence-corrected chi connectivity index (χ2v) is 8.94. The number of hydrogen-bond donors (Lipinski definition) is 2. The van der Waals surface area contributed by atoms with E-state index >= 15 is 0 Å². The Bertz CT molecular complexity index is 926. The number of nitrogens with one attached hydrogen (secondary N) is 1. The van der Waals surface area contributed by atoms with Crippen LogP contribution in [0.15, 0.2) is 42.5 Å². The van der Waals surface area contributed by atoms with Gasteiger partial charge >= 0.3 is 0 Å². The number of likely N-dealkylation sites (tertiary alicyclic amines) is 1. The number of rotatable bonds is 7. The molecule has 2 fully saturated rings. The molecule has 2 atom stereocenters. The zero-order valence-electron chi connectivity index (χ0n) is 17.7. The number of halogens is 2. The van der Waals surface area contributed by atoms with Crippen LogP contribution in [-0.4, -0.2) is 42.0 Å². The Labute approximate surface area is 181 Å². The number of benzene rings is 2. The second kappa shape index (κ2) is 8.93. The van der Waals surface area contributed by atoms with Gasteiger partial charge in [0, 0.05) is 42.2 Å². The number of carbonyl (C=O) groups is 1. The molecule has 0 bridgehead atoms. The molecule has 166 valence electrons. The normalized spacial score (nSPS) is 22.3. The second-order valence-electron chi connectivity index (χ2n) is 8.94. The van der Waals surface area contributed by atoms with Gasteiger partial charge in [-0.15, -0.1) is 0 Å². The van der Waals surface area contributed by atoms with Gasteiger partial charge in [0.2, 0.25) is 5.91 Å². The highest BCUT2D eigenvalue weighted by molar-refractivity contribution is 5.78. The average Bonchev–Trinajstić information content (AvgIpc) is 3.51. The van der Waals surface area contributed by atoms with Crippen molar-refractivity contribution in [2.75, 3.05) is 19.6 Å². The lowest BCUT2D eigenvalue weighted by atomic mass is 9.91. The third kappa shape index (κ3) is 5.40. The largest absolute Gasteiger partial charge is 0.486 e. The number of carbonyl (C=O) groups excluding carboxylic acids is 1. The topological polar surface area (TPSA) is 67.6 Å². The first-order valence-electron chi connectivity index (χ1n) is 10.8. The fourth-order valence-electron chi connectivity index (χ4n) is 4.10. The summed E-state index contributed by atoms with van der Waals surface area (Å²) in [7, 11) is 0. The number of nitrogens with two attached hydrogens (primary N) is 1. The van der Waals surface area contributed by atoms with Crippen molar-refractivity contribution < 1.29 is 18.3 Å². The molecule has 1 heterocycles. The summed E-state index contributed by atoms with van der Waals surface area (Å²) < 4.78 is 34.2. The van der Waals surface area contributed by atoms with Crippen LogP contribution in [0, 0.1) is 11.6 Å². The van der Waals surface area contributed by atoms with Gasteiger partial charge in [0.05, 0.1) is 6.54 Å². The molecule has 1 aliphatic heterocycles. The molecular formula is C24H29F2N3O2. The lowest BCUT2D eigenvalue weighted by Crippen LogP contribution is -2.51. The molecule has 1 saturated heterocycles. The summed E-state index contributed by atoms with van der Waals surface area (Å²) in [6, 6.07) is 11.6. The maximum Gasteiger partial charge on any atom is 0.236 e. The fourth-order valence-corrected chi connectivity index (χ4v) is 4.10. The molecule has 4 rings (SSSR count). The zero-order valence-corrected chi connectivity index (χ0v) is 17.7. The summed E-state index contributed by atoms with van der Waals surface area (Å²) in [4.78, 5) is 14.3. The van der Waals surface area contributed by atoms with Crippen molar-refractivity contribution in [2.45, 2.75) is 50.3 Å². The fraction of sp³-hybridized carbons (Fsp3) is 0.458. The van der Waals surface area contributed by atoms with Gasteiger partial charge in [-0.05, 0) is 37.8 Å². The van der Waals surface area contributed by atoms with Gasteiger partial charge in [0.1, 0.15) is 12.4 Å². The minimum absolute atomic E-state index is 0.00575. The van der Waals surface area contributed by atoms with Crippen LogP contribution in [0.1, 0.15) is 43.2 Å². The van der Waals surface area contributed by atoms with E-state index < -0.39 is 11.6 Å². The van der Waals surface area contributed by atoms with E-state index in [2.05, 4.69) is 5.32 Å². The molecular weight excluding hydrogens is 400 g/mol. The van der Waals surface area contributed by atoms with Crippen molar-refractivity contribution in [2.24, 2.45) is 5.73 Å². The van der Waals surface area contributed by atoms with Crippen molar-refractivity contribution in [3.05, 3.63) is 65.2 Å². The maximum absolute atomic E-state index is 14.5. The first-order valence-corrected chi connectivity index (χ1v) is 10.8. The maximum atomic E-state index is 14.5.